The van der Waals surface area contributed by atoms with Gasteiger partial charge in [0.15, 0.2) is 8.32 Å². The summed E-state index contributed by atoms with van der Waals surface area (Å²) in [7, 11) is -0.264. The van der Waals surface area contributed by atoms with Gasteiger partial charge in [0.2, 0.25) is 0 Å². The predicted molar refractivity (Wildman–Crippen MR) is 87.5 cm³/mol. The van der Waals surface area contributed by atoms with Gasteiger partial charge in [0, 0.05) is 13.0 Å². The smallest absolute Gasteiger partial charge is 0.305 e. The predicted octanol–water partition coefficient (Wildman–Crippen LogP) is 4.91. The van der Waals surface area contributed by atoms with Gasteiger partial charge in [-0.05, 0) is 29.5 Å². The molecule has 0 rings (SSSR count). The van der Waals surface area contributed by atoms with Crippen molar-refractivity contribution >= 4 is 14.3 Å². The molecular weight excluding hydrogens is 268 g/mol. The third-order valence-electron chi connectivity index (χ3n) is 4.31. The van der Waals surface area contributed by atoms with Crippen LogP contribution in [0.5, 0.6) is 0 Å². The Morgan fingerprint density at radius 3 is 1.80 bits per heavy atom. The van der Waals surface area contributed by atoms with Gasteiger partial charge in [-0.15, -0.1) is 0 Å². The van der Waals surface area contributed by atoms with E-state index in [-0.39, 0.29) is 5.97 Å². The van der Waals surface area contributed by atoms with E-state index in [1.165, 1.54) is 7.11 Å². The van der Waals surface area contributed by atoms with Crippen LogP contribution in [0.3, 0.4) is 0 Å². The molecule has 0 saturated heterocycles. The fourth-order valence-electron chi connectivity index (χ4n) is 3.40. The fraction of sp³-hybridized carbons (Fsp3) is 0.938. The highest BCUT2D eigenvalue weighted by molar-refractivity contribution is 6.77. The number of carbonyl (C=O) groups excluding carboxylic acids is 1. The first-order valence-corrected chi connectivity index (χ1v) is 10.1. The van der Waals surface area contributed by atoms with Gasteiger partial charge in [0.1, 0.15) is 0 Å². The van der Waals surface area contributed by atoms with Crippen LogP contribution in [0.1, 0.15) is 67.2 Å². The minimum atomic E-state index is -1.71. The molecule has 0 N–H and O–H groups in total. The molecule has 4 heteroatoms. The summed E-state index contributed by atoms with van der Waals surface area (Å²) in [6.45, 7) is 14.7. The topological polar surface area (TPSA) is 35.5 Å². The molecule has 0 aliphatic heterocycles. The summed E-state index contributed by atoms with van der Waals surface area (Å²) in [5.74, 6) is -0.110. The second-order valence-corrected chi connectivity index (χ2v) is 12.0. The van der Waals surface area contributed by atoms with Crippen LogP contribution >= 0.6 is 0 Å². The van der Waals surface area contributed by atoms with E-state index >= 15 is 0 Å². The SMILES string of the molecule is COC(=O)CCCCCO[Si](C(C)C)(C(C)C)C(C)C. The first-order valence-electron chi connectivity index (χ1n) is 7.99. The quantitative estimate of drug-likeness (QED) is 0.327. The number of ether oxygens (including phenoxy) is 1. The highest BCUT2D eigenvalue weighted by atomic mass is 28.4. The first kappa shape index (κ1) is 19.6. The van der Waals surface area contributed by atoms with Crippen LogP contribution in [0.4, 0.5) is 0 Å². The molecule has 0 radical (unpaired) electrons. The van der Waals surface area contributed by atoms with Crippen molar-refractivity contribution in [3.05, 3.63) is 0 Å². The molecule has 0 aliphatic carbocycles. The summed E-state index contributed by atoms with van der Waals surface area (Å²) in [6.07, 6.45) is 3.50. The van der Waals surface area contributed by atoms with Crippen LogP contribution < -0.4 is 0 Å². The number of methoxy groups -OCH3 is 1. The molecule has 0 aromatic rings. The van der Waals surface area contributed by atoms with Gasteiger partial charge >= 0.3 is 5.97 Å². The molecule has 0 unspecified atom stereocenters. The highest BCUT2D eigenvalue weighted by Gasteiger charge is 2.44. The number of unbranched alkanes of at least 4 members (excludes halogenated alkanes) is 2. The molecule has 0 fully saturated rings. The number of carbonyl (C=O) groups is 1. The minimum absolute atomic E-state index is 0.110. The van der Waals surface area contributed by atoms with Crippen molar-refractivity contribution in [2.45, 2.75) is 83.8 Å². The molecule has 120 valence electrons. The molecule has 0 aromatic carbocycles. The van der Waals surface area contributed by atoms with E-state index in [4.69, 9.17) is 4.43 Å². The summed E-state index contributed by atoms with van der Waals surface area (Å²) in [5, 5.41) is 0. The van der Waals surface area contributed by atoms with Crippen molar-refractivity contribution in [1.82, 2.24) is 0 Å². The number of esters is 1. The molecular formula is C16H34O3Si. The van der Waals surface area contributed by atoms with E-state index in [0.29, 0.717) is 23.0 Å². The van der Waals surface area contributed by atoms with Crippen molar-refractivity contribution in [3.8, 4) is 0 Å². The van der Waals surface area contributed by atoms with Crippen LogP contribution in [0, 0.1) is 0 Å². The summed E-state index contributed by atoms with van der Waals surface area (Å²) in [6, 6.07) is 0. The third kappa shape index (κ3) is 5.56. The Morgan fingerprint density at radius 1 is 0.900 bits per heavy atom. The lowest BCUT2D eigenvalue weighted by molar-refractivity contribution is -0.140. The molecule has 0 spiro atoms. The van der Waals surface area contributed by atoms with E-state index in [1.807, 2.05) is 0 Å². The Bertz CT molecular complexity index is 253. The van der Waals surface area contributed by atoms with Gasteiger partial charge in [0.05, 0.1) is 7.11 Å². The zero-order valence-electron chi connectivity index (χ0n) is 14.5. The fourth-order valence-corrected chi connectivity index (χ4v) is 8.90. The minimum Gasteiger partial charge on any atom is -0.469 e. The summed E-state index contributed by atoms with van der Waals surface area (Å²) in [5.41, 5.74) is 1.91. The zero-order valence-corrected chi connectivity index (χ0v) is 15.5. The molecule has 0 amide bonds. The van der Waals surface area contributed by atoms with Crippen LogP contribution in [0.2, 0.25) is 16.6 Å². The Kier molecular flexibility index (Phi) is 9.39. The van der Waals surface area contributed by atoms with Gasteiger partial charge in [-0.3, -0.25) is 4.79 Å². The maximum atomic E-state index is 11.0. The van der Waals surface area contributed by atoms with E-state index in [2.05, 4.69) is 46.3 Å². The molecule has 0 bridgehead atoms. The Balaban J connectivity index is 4.20. The molecule has 3 nitrogen and oxygen atoms in total. The lowest BCUT2D eigenvalue weighted by atomic mass is 10.2. The number of rotatable bonds is 10. The Morgan fingerprint density at radius 2 is 1.40 bits per heavy atom. The number of hydrogen-bond donors (Lipinski definition) is 0. The Labute approximate surface area is 126 Å². The molecule has 0 aliphatic rings. The maximum absolute atomic E-state index is 11.0. The van der Waals surface area contributed by atoms with Crippen LogP contribution in [0.25, 0.3) is 0 Å². The normalized spacial score (nSPS) is 12.5. The first-order chi connectivity index (χ1) is 9.28. The average Bonchev–Trinajstić information content (AvgIpc) is 2.36. The standard InChI is InChI=1S/C16H34O3Si/c1-13(2)20(14(3)4,15(5)6)19-12-10-8-9-11-16(17)18-7/h13-15H,8-12H2,1-7H3. The molecule has 0 saturated carbocycles. The lowest BCUT2D eigenvalue weighted by Gasteiger charge is -2.42. The second-order valence-electron chi connectivity index (χ2n) is 6.55. The van der Waals surface area contributed by atoms with Crippen LogP contribution in [0.15, 0.2) is 0 Å². The molecule has 0 heterocycles. The van der Waals surface area contributed by atoms with Crippen molar-refractivity contribution < 1.29 is 14.0 Å². The van der Waals surface area contributed by atoms with E-state index in [9.17, 15) is 4.79 Å². The van der Waals surface area contributed by atoms with Crippen LogP contribution in [-0.4, -0.2) is 28.0 Å². The van der Waals surface area contributed by atoms with Crippen molar-refractivity contribution in [3.63, 3.8) is 0 Å². The van der Waals surface area contributed by atoms with Crippen molar-refractivity contribution in [2.24, 2.45) is 0 Å². The third-order valence-corrected chi connectivity index (χ3v) is 10.4. The number of hydrogen-bond acceptors (Lipinski definition) is 3. The van der Waals surface area contributed by atoms with E-state index in [0.717, 1.165) is 25.9 Å². The maximum Gasteiger partial charge on any atom is 0.305 e. The van der Waals surface area contributed by atoms with Gasteiger partial charge in [-0.1, -0.05) is 48.0 Å². The summed E-state index contributed by atoms with van der Waals surface area (Å²) >= 11 is 0. The van der Waals surface area contributed by atoms with Gasteiger partial charge in [-0.2, -0.15) is 0 Å². The molecule has 0 atom stereocenters. The monoisotopic (exact) mass is 302 g/mol. The van der Waals surface area contributed by atoms with Crippen molar-refractivity contribution in [2.75, 3.05) is 13.7 Å². The summed E-state index contributed by atoms with van der Waals surface area (Å²) < 4.78 is 11.1. The molecule has 0 aromatic heterocycles. The van der Waals surface area contributed by atoms with Crippen molar-refractivity contribution in [1.29, 1.82) is 0 Å². The van der Waals surface area contributed by atoms with Gasteiger partial charge in [0.25, 0.3) is 0 Å². The Hall–Kier alpha value is -0.353. The van der Waals surface area contributed by atoms with E-state index < -0.39 is 8.32 Å². The average molecular weight is 303 g/mol. The van der Waals surface area contributed by atoms with Crippen LogP contribution in [-0.2, 0) is 14.0 Å². The second kappa shape index (κ2) is 9.56. The largest absolute Gasteiger partial charge is 0.469 e. The van der Waals surface area contributed by atoms with Gasteiger partial charge in [-0.25, -0.2) is 0 Å². The summed E-state index contributed by atoms with van der Waals surface area (Å²) in [4.78, 5) is 11.0. The van der Waals surface area contributed by atoms with Gasteiger partial charge < -0.3 is 9.16 Å². The zero-order chi connectivity index (χ0) is 15.8. The highest BCUT2D eigenvalue weighted by Crippen LogP contribution is 2.42. The molecule has 20 heavy (non-hydrogen) atoms. The van der Waals surface area contributed by atoms with E-state index in [1.54, 1.807) is 0 Å². The lowest BCUT2D eigenvalue weighted by Crippen LogP contribution is -2.47.